The van der Waals surface area contributed by atoms with Crippen molar-refractivity contribution in [1.82, 2.24) is 9.80 Å². The van der Waals surface area contributed by atoms with E-state index in [4.69, 9.17) is 11.6 Å². The van der Waals surface area contributed by atoms with E-state index in [1.54, 1.807) is 24.3 Å². The molecule has 2 heterocycles. The molecule has 1 aromatic carbocycles. The van der Waals surface area contributed by atoms with E-state index in [0.29, 0.717) is 4.34 Å². The summed E-state index contributed by atoms with van der Waals surface area (Å²) in [6.45, 7) is 0.151. The van der Waals surface area contributed by atoms with Gasteiger partial charge in [0.05, 0.1) is 17.4 Å². The summed E-state index contributed by atoms with van der Waals surface area (Å²) in [4.78, 5) is 39.0. The second-order valence-electron chi connectivity index (χ2n) is 4.76. The molecule has 1 fully saturated rings. The van der Waals surface area contributed by atoms with E-state index in [1.807, 2.05) is 18.2 Å². The number of halogens is 1. The quantitative estimate of drug-likeness (QED) is 0.638. The van der Waals surface area contributed by atoms with Crippen molar-refractivity contribution in [3.63, 3.8) is 0 Å². The fourth-order valence-electron chi connectivity index (χ4n) is 2.19. The first-order chi connectivity index (χ1) is 10.6. The first-order valence-electron chi connectivity index (χ1n) is 6.51. The lowest BCUT2D eigenvalue weighted by Gasteiger charge is -2.14. The Balaban J connectivity index is 1.78. The van der Waals surface area contributed by atoms with Crippen molar-refractivity contribution in [3.05, 3.63) is 57.2 Å². The second kappa shape index (κ2) is 5.90. The van der Waals surface area contributed by atoms with Crippen LogP contribution in [-0.4, -0.2) is 27.6 Å². The van der Waals surface area contributed by atoms with Crippen molar-refractivity contribution in [2.24, 2.45) is 0 Å². The van der Waals surface area contributed by atoms with Crippen LogP contribution in [0, 0.1) is 0 Å². The summed E-state index contributed by atoms with van der Waals surface area (Å²) >= 11 is 7.11. The van der Waals surface area contributed by atoms with Crippen LogP contribution in [0.1, 0.15) is 10.4 Å². The molecule has 0 saturated carbocycles. The SMILES string of the molecule is O=C1C(=O)N(Cc2ccc(Cl)s2)C(=O)N1Cc1ccccc1. The molecule has 0 spiro atoms. The third-order valence-electron chi connectivity index (χ3n) is 3.26. The summed E-state index contributed by atoms with van der Waals surface area (Å²) < 4.78 is 0.571. The Morgan fingerprint density at radius 3 is 2.09 bits per heavy atom. The fourth-order valence-corrected chi connectivity index (χ4v) is 3.26. The van der Waals surface area contributed by atoms with E-state index < -0.39 is 17.8 Å². The lowest BCUT2D eigenvalue weighted by molar-refractivity contribution is -0.143. The minimum absolute atomic E-state index is 0.0616. The Morgan fingerprint density at radius 2 is 1.50 bits per heavy atom. The van der Waals surface area contributed by atoms with Crippen LogP contribution in [-0.2, 0) is 22.7 Å². The number of urea groups is 1. The number of thiophene rings is 1. The summed E-state index contributed by atoms with van der Waals surface area (Å²) in [6, 6.07) is 11.9. The van der Waals surface area contributed by atoms with Crippen LogP contribution >= 0.6 is 22.9 Å². The average Bonchev–Trinajstić information content (AvgIpc) is 3.01. The number of hydrogen-bond acceptors (Lipinski definition) is 4. The zero-order chi connectivity index (χ0) is 15.7. The van der Waals surface area contributed by atoms with Crippen LogP contribution in [0.4, 0.5) is 4.79 Å². The van der Waals surface area contributed by atoms with Crippen molar-refractivity contribution in [2.75, 3.05) is 0 Å². The van der Waals surface area contributed by atoms with Crippen molar-refractivity contribution in [3.8, 4) is 0 Å². The summed E-state index contributed by atoms with van der Waals surface area (Å²) in [5, 5.41) is 0. The lowest BCUT2D eigenvalue weighted by atomic mass is 10.2. The molecule has 1 aliphatic rings. The van der Waals surface area contributed by atoms with Crippen molar-refractivity contribution < 1.29 is 14.4 Å². The van der Waals surface area contributed by atoms with Gasteiger partial charge in [0.1, 0.15) is 0 Å². The largest absolute Gasteiger partial charge is 0.334 e. The number of nitrogens with zero attached hydrogens (tertiary/aromatic N) is 2. The van der Waals surface area contributed by atoms with Crippen LogP contribution in [0.25, 0.3) is 0 Å². The third-order valence-corrected chi connectivity index (χ3v) is 4.48. The molecule has 0 atom stereocenters. The molecule has 22 heavy (non-hydrogen) atoms. The van der Waals surface area contributed by atoms with Gasteiger partial charge in [0.25, 0.3) is 0 Å². The first kappa shape index (κ1) is 14.7. The zero-order valence-electron chi connectivity index (χ0n) is 11.4. The average molecular weight is 335 g/mol. The Kier molecular flexibility index (Phi) is 3.96. The molecule has 0 bridgehead atoms. The van der Waals surface area contributed by atoms with E-state index in [9.17, 15) is 14.4 Å². The molecule has 1 aliphatic heterocycles. The Morgan fingerprint density at radius 1 is 0.864 bits per heavy atom. The molecular weight excluding hydrogens is 324 g/mol. The molecule has 0 aliphatic carbocycles. The smallest absolute Gasteiger partial charge is 0.263 e. The van der Waals surface area contributed by atoms with Crippen molar-refractivity contribution >= 4 is 40.8 Å². The monoisotopic (exact) mass is 334 g/mol. The maximum Gasteiger partial charge on any atom is 0.334 e. The standard InChI is InChI=1S/C15H11ClN2O3S/c16-12-7-6-11(22-12)9-18-14(20)13(19)17(15(18)21)8-10-4-2-1-3-5-10/h1-7H,8-9H2. The van der Waals surface area contributed by atoms with Gasteiger partial charge in [-0.05, 0) is 17.7 Å². The highest BCUT2D eigenvalue weighted by molar-refractivity contribution is 7.16. The molecule has 7 heteroatoms. The minimum Gasteiger partial charge on any atom is -0.263 e. The molecule has 0 N–H and O–H groups in total. The first-order valence-corrected chi connectivity index (χ1v) is 7.71. The van der Waals surface area contributed by atoms with E-state index in [0.717, 1.165) is 20.2 Å². The maximum atomic E-state index is 12.3. The zero-order valence-corrected chi connectivity index (χ0v) is 12.9. The molecule has 3 rings (SSSR count). The molecule has 1 aromatic heterocycles. The summed E-state index contributed by atoms with van der Waals surface area (Å²) in [5.41, 5.74) is 0.790. The number of carbonyl (C=O) groups is 3. The fraction of sp³-hybridized carbons (Fsp3) is 0.133. The number of imide groups is 2. The molecule has 0 unspecified atom stereocenters. The molecule has 0 radical (unpaired) electrons. The van der Waals surface area contributed by atoms with Gasteiger partial charge in [-0.3, -0.25) is 19.4 Å². The van der Waals surface area contributed by atoms with Crippen LogP contribution < -0.4 is 0 Å². The van der Waals surface area contributed by atoms with Crippen molar-refractivity contribution in [2.45, 2.75) is 13.1 Å². The van der Waals surface area contributed by atoms with Gasteiger partial charge in [0.2, 0.25) is 0 Å². The number of benzene rings is 1. The highest BCUT2D eigenvalue weighted by atomic mass is 35.5. The highest BCUT2D eigenvalue weighted by Crippen LogP contribution is 2.25. The molecule has 4 amide bonds. The van der Waals surface area contributed by atoms with E-state index in [2.05, 4.69) is 0 Å². The van der Waals surface area contributed by atoms with Gasteiger partial charge in [-0.1, -0.05) is 41.9 Å². The molecule has 1 saturated heterocycles. The van der Waals surface area contributed by atoms with Gasteiger partial charge in [-0.15, -0.1) is 11.3 Å². The minimum atomic E-state index is -0.801. The molecule has 2 aromatic rings. The van der Waals surface area contributed by atoms with Gasteiger partial charge in [-0.25, -0.2) is 4.79 Å². The van der Waals surface area contributed by atoms with Crippen molar-refractivity contribution in [1.29, 1.82) is 0 Å². The summed E-state index contributed by atoms with van der Waals surface area (Å²) in [6.07, 6.45) is 0. The number of amides is 4. The van der Waals surface area contributed by atoms with Gasteiger partial charge in [0.15, 0.2) is 0 Å². The van der Waals surface area contributed by atoms with E-state index in [1.165, 1.54) is 11.3 Å². The number of hydrogen-bond donors (Lipinski definition) is 0. The predicted octanol–water partition coefficient (Wildman–Crippen LogP) is 2.89. The Bertz CT molecular complexity index is 744. The summed E-state index contributed by atoms with van der Waals surface area (Å²) in [5.74, 6) is -1.60. The molecule has 112 valence electrons. The predicted molar refractivity (Wildman–Crippen MR) is 82.3 cm³/mol. The maximum absolute atomic E-state index is 12.3. The Hall–Kier alpha value is -2.18. The van der Waals surface area contributed by atoms with Gasteiger partial charge in [-0.2, -0.15) is 0 Å². The molecule has 5 nitrogen and oxygen atoms in total. The van der Waals surface area contributed by atoms with Gasteiger partial charge < -0.3 is 0 Å². The van der Waals surface area contributed by atoms with Gasteiger partial charge >= 0.3 is 17.8 Å². The van der Waals surface area contributed by atoms with Crippen LogP contribution in [0.5, 0.6) is 0 Å². The van der Waals surface area contributed by atoms with E-state index >= 15 is 0 Å². The molecular formula is C15H11ClN2O3S. The topological polar surface area (TPSA) is 57.7 Å². The van der Waals surface area contributed by atoms with Crippen LogP contribution in [0.3, 0.4) is 0 Å². The third kappa shape index (κ3) is 2.75. The van der Waals surface area contributed by atoms with Crippen LogP contribution in [0.15, 0.2) is 42.5 Å². The normalized spacial score (nSPS) is 15.0. The van der Waals surface area contributed by atoms with Crippen LogP contribution in [0.2, 0.25) is 4.34 Å². The summed E-state index contributed by atoms with van der Waals surface area (Å²) in [7, 11) is 0. The highest BCUT2D eigenvalue weighted by Gasteiger charge is 2.44. The van der Waals surface area contributed by atoms with Gasteiger partial charge in [0, 0.05) is 4.88 Å². The number of carbonyl (C=O) groups excluding carboxylic acids is 3. The second-order valence-corrected chi connectivity index (χ2v) is 6.56. The lowest BCUT2D eigenvalue weighted by Crippen LogP contribution is -2.32. The Labute approximate surface area is 135 Å². The van der Waals surface area contributed by atoms with E-state index in [-0.39, 0.29) is 13.1 Å². The number of rotatable bonds is 4.